The molecule has 0 aliphatic heterocycles. The molecule has 0 aromatic carbocycles. The molecule has 0 amide bonds. The number of nitrogens with zero attached hydrogens (tertiary/aromatic N) is 5. The van der Waals surface area contributed by atoms with Crippen molar-refractivity contribution in [2.24, 2.45) is 0 Å². The van der Waals surface area contributed by atoms with Gasteiger partial charge in [-0.15, -0.1) is 11.3 Å². The quantitative estimate of drug-likeness (QED) is 0.512. The highest BCUT2D eigenvalue weighted by atomic mass is 32.1. The van der Waals surface area contributed by atoms with Crippen molar-refractivity contribution in [2.75, 3.05) is 10.6 Å². The Bertz CT molecular complexity index is 1230. The predicted octanol–water partition coefficient (Wildman–Crippen LogP) is 3.39. The molecule has 0 unspecified atom stereocenters. The Morgan fingerprint density at radius 1 is 1.10 bits per heavy atom. The molecular formula is C21H21N7OS. The summed E-state index contributed by atoms with van der Waals surface area (Å²) in [4.78, 5) is 25.5. The average molecular weight is 420 g/mol. The smallest absolute Gasteiger partial charge is 0.271 e. The van der Waals surface area contributed by atoms with Crippen LogP contribution in [0, 0.1) is 6.92 Å². The van der Waals surface area contributed by atoms with Gasteiger partial charge in [0, 0.05) is 24.3 Å². The van der Waals surface area contributed by atoms with Crippen LogP contribution < -0.4 is 16.2 Å². The van der Waals surface area contributed by atoms with Gasteiger partial charge in [0.25, 0.3) is 5.56 Å². The molecule has 4 aromatic heterocycles. The van der Waals surface area contributed by atoms with Crippen molar-refractivity contribution in [3.8, 4) is 5.69 Å². The van der Waals surface area contributed by atoms with Gasteiger partial charge in [0.15, 0.2) is 0 Å². The van der Waals surface area contributed by atoms with Gasteiger partial charge in [-0.05, 0) is 55.3 Å². The summed E-state index contributed by atoms with van der Waals surface area (Å²) in [6.45, 7) is 2.08. The maximum Gasteiger partial charge on any atom is 0.271 e. The second-order valence-electron chi connectivity index (χ2n) is 7.50. The van der Waals surface area contributed by atoms with Crippen molar-refractivity contribution in [1.82, 2.24) is 24.7 Å². The number of aryl methyl sites for hydroxylation is 1. The van der Waals surface area contributed by atoms with E-state index in [1.54, 1.807) is 29.8 Å². The van der Waals surface area contributed by atoms with Gasteiger partial charge in [-0.3, -0.25) is 4.79 Å². The first-order valence-electron chi connectivity index (χ1n) is 9.90. The molecule has 0 radical (unpaired) electrons. The van der Waals surface area contributed by atoms with Crippen molar-refractivity contribution < 1.29 is 0 Å². The molecular weight excluding hydrogens is 398 g/mol. The maximum atomic E-state index is 11.9. The molecule has 1 saturated carbocycles. The third kappa shape index (κ3) is 3.76. The van der Waals surface area contributed by atoms with Crippen molar-refractivity contribution in [3.63, 3.8) is 0 Å². The van der Waals surface area contributed by atoms with Gasteiger partial charge in [-0.2, -0.15) is 9.78 Å². The van der Waals surface area contributed by atoms with E-state index in [4.69, 9.17) is 0 Å². The Kier molecular flexibility index (Phi) is 4.88. The summed E-state index contributed by atoms with van der Waals surface area (Å²) in [7, 11) is 0. The van der Waals surface area contributed by atoms with E-state index in [2.05, 4.69) is 43.0 Å². The van der Waals surface area contributed by atoms with Crippen LogP contribution in [-0.4, -0.2) is 36.8 Å². The van der Waals surface area contributed by atoms with Gasteiger partial charge < -0.3 is 10.6 Å². The molecule has 4 aromatic rings. The first-order valence-corrected chi connectivity index (χ1v) is 10.8. The number of pyridine rings is 1. The molecule has 0 spiro atoms. The molecule has 2 atom stereocenters. The normalized spacial score (nSPS) is 18.6. The molecule has 1 aliphatic carbocycles. The van der Waals surface area contributed by atoms with Gasteiger partial charge in [-0.25, -0.2) is 15.0 Å². The lowest BCUT2D eigenvalue weighted by atomic mass is 10.2. The topological polar surface area (TPSA) is 97.6 Å². The fourth-order valence-corrected chi connectivity index (χ4v) is 4.65. The minimum atomic E-state index is -0.178. The molecule has 9 heteroatoms. The van der Waals surface area contributed by atoms with E-state index in [1.165, 1.54) is 16.3 Å². The zero-order chi connectivity index (χ0) is 20.5. The highest BCUT2D eigenvalue weighted by molar-refractivity contribution is 7.17. The van der Waals surface area contributed by atoms with Crippen LogP contribution in [0.5, 0.6) is 0 Å². The molecule has 2 N–H and O–H groups in total. The summed E-state index contributed by atoms with van der Waals surface area (Å²) >= 11 is 1.67. The number of hydrogen-bond donors (Lipinski definition) is 2. The lowest BCUT2D eigenvalue weighted by Gasteiger charge is -2.15. The number of nitrogens with one attached hydrogen (secondary N) is 2. The number of aromatic nitrogens is 5. The molecule has 1 aliphatic rings. The van der Waals surface area contributed by atoms with Gasteiger partial charge in [-0.1, -0.05) is 0 Å². The van der Waals surface area contributed by atoms with Crippen LogP contribution in [-0.2, 0) is 0 Å². The molecule has 152 valence electrons. The Labute approximate surface area is 177 Å². The van der Waals surface area contributed by atoms with Crippen LogP contribution in [0.1, 0.15) is 24.8 Å². The molecule has 30 heavy (non-hydrogen) atoms. The fraction of sp³-hybridized carbons (Fsp3) is 0.286. The molecule has 5 rings (SSSR count). The zero-order valence-corrected chi connectivity index (χ0v) is 17.3. The largest absolute Gasteiger partial charge is 0.367 e. The molecule has 8 nitrogen and oxygen atoms in total. The Hall–Kier alpha value is -3.33. The monoisotopic (exact) mass is 419 g/mol. The Morgan fingerprint density at radius 2 is 1.97 bits per heavy atom. The van der Waals surface area contributed by atoms with Gasteiger partial charge in [0.05, 0.1) is 28.3 Å². The molecule has 0 bridgehead atoms. The minimum Gasteiger partial charge on any atom is -0.367 e. The van der Waals surface area contributed by atoms with Gasteiger partial charge in [0.1, 0.15) is 5.82 Å². The summed E-state index contributed by atoms with van der Waals surface area (Å²) in [5.41, 5.74) is 2.69. The Balaban J connectivity index is 1.21. The minimum absolute atomic E-state index is 0.178. The van der Waals surface area contributed by atoms with Crippen LogP contribution in [0.2, 0.25) is 0 Å². The second kappa shape index (κ2) is 7.83. The molecule has 1 fully saturated rings. The van der Waals surface area contributed by atoms with Crippen LogP contribution in [0.4, 0.5) is 11.8 Å². The SMILES string of the molecule is Cc1csc2cnc(N[C@H]3CC[C@H](Nc4ccc(-n5ncccc5=O)cn4)C3)nc12. The summed E-state index contributed by atoms with van der Waals surface area (Å²) < 4.78 is 2.45. The van der Waals surface area contributed by atoms with E-state index in [0.717, 1.165) is 35.3 Å². The fourth-order valence-electron chi connectivity index (χ4n) is 3.80. The maximum absolute atomic E-state index is 11.9. The van der Waals surface area contributed by atoms with Crippen molar-refractivity contribution in [3.05, 3.63) is 64.2 Å². The molecule has 0 saturated heterocycles. The molecule has 4 heterocycles. The number of thiophene rings is 1. The summed E-state index contributed by atoms with van der Waals surface area (Å²) in [6.07, 6.45) is 8.19. The highest BCUT2D eigenvalue weighted by Crippen LogP contribution is 2.27. The van der Waals surface area contributed by atoms with Crippen molar-refractivity contribution in [2.45, 2.75) is 38.3 Å². The number of anilines is 2. The summed E-state index contributed by atoms with van der Waals surface area (Å²) in [5, 5.41) is 13.2. The third-order valence-corrected chi connectivity index (χ3v) is 6.34. The lowest BCUT2D eigenvalue weighted by molar-refractivity contribution is 0.717. The highest BCUT2D eigenvalue weighted by Gasteiger charge is 2.25. The van der Waals surface area contributed by atoms with Crippen molar-refractivity contribution >= 4 is 33.3 Å². The van der Waals surface area contributed by atoms with Crippen LogP contribution >= 0.6 is 11.3 Å². The first-order chi connectivity index (χ1) is 14.7. The second-order valence-corrected chi connectivity index (χ2v) is 8.41. The average Bonchev–Trinajstić information content (AvgIpc) is 3.35. The predicted molar refractivity (Wildman–Crippen MR) is 118 cm³/mol. The van der Waals surface area contributed by atoms with Crippen LogP contribution in [0.25, 0.3) is 15.9 Å². The van der Waals surface area contributed by atoms with E-state index in [-0.39, 0.29) is 5.56 Å². The first kappa shape index (κ1) is 18.7. The lowest BCUT2D eigenvalue weighted by Crippen LogP contribution is -2.22. The van der Waals surface area contributed by atoms with E-state index in [0.29, 0.717) is 23.7 Å². The number of rotatable bonds is 5. The Morgan fingerprint density at radius 3 is 2.77 bits per heavy atom. The van der Waals surface area contributed by atoms with Crippen LogP contribution in [0.3, 0.4) is 0 Å². The van der Waals surface area contributed by atoms with E-state index < -0.39 is 0 Å². The summed E-state index contributed by atoms with van der Waals surface area (Å²) in [5.74, 6) is 1.48. The number of fused-ring (bicyclic) bond motifs is 1. The standard InChI is InChI=1S/C21H21N7OS/c1-13-12-30-17-11-23-21(27-20(13)17)26-15-5-4-14(9-15)25-18-7-6-16(10-22-18)28-19(29)3-2-8-24-28/h2-3,6-8,10-12,14-15H,4-5,9H2,1H3,(H,22,25)(H,23,26,27)/t14-,15-/m0/s1. The van der Waals surface area contributed by atoms with Crippen molar-refractivity contribution in [1.29, 1.82) is 0 Å². The van der Waals surface area contributed by atoms with Gasteiger partial charge >= 0.3 is 0 Å². The van der Waals surface area contributed by atoms with Crippen LogP contribution in [0.15, 0.2) is 53.0 Å². The van der Waals surface area contributed by atoms with Gasteiger partial charge in [0.2, 0.25) is 5.95 Å². The number of hydrogen-bond acceptors (Lipinski definition) is 8. The van der Waals surface area contributed by atoms with E-state index >= 15 is 0 Å². The third-order valence-electron chi connectivity index (χ3n) is 5.32. The van der Waals surface area contributed by atoms with E-state index in [1.807, 2.05) is 18.3 Å². The summed E-state index contributed by atoms with van der Waals surface area (Å²) in [6, 6.07) is 7.48. The van der Waals surface area contributed by atoms with E-state index in [9.17, 15) is 4.79 Å². The zero-order valence-electron chi connectivity index (χ0n) is 16.4.